The van der Waals surface area contributed by atoms with E-state index in [1.54, 1.807) is 30.8 Å². The monoisotopic (exact) mass is 293 g/mol. The molecule has 2 aromatic rings. The zero-order valence-electron chi connectivity index (χ0n) is 11.8. The Hall–Kier alpha value is -1.66. The first kappa shape index (κ1) is 14.7. The third-order valence-corrected chi connectivity index (χ3v) is 5.86. The van der Waals surface area contributed by atoms with Crippen molar-refractivity contribution in [1.82, 2.24) is 9.78 Å². The zero-order chi connectivity index (χ0) is 15.0. The quantitative estimate of drug-likeness (QED) is 0.930. The van der Waals surface area contributed by atoms with Crippen LogP contribution >= 0.6 is 0 Å². The molecule has 6 heteroatoms. The molecule has 0 saturated carbocycles. The largest absolute Gasteiger partial charge is 0.321 e. The summed E-state index contributed by atoms with van der Waals surface area (Å²) in [6.07, 6.45) is 2.83. The lowest BCUT2D eigenvalue weighted by molar-refractivity contribution is 0.482. The summed E-state index contributed by atoms with van der Waals surface area (Å²) < 4.78 is 24.5. The van der Waals surface area contributed by atoms with Crippen LogP contribution in [0.5, 0.6) is 0 Å². The van der Waals surface area contributed by atoms with Crippen molar-refractivity contribution in [3.63, 3.8) is 0 Å². The maximum absolute atomic E-state index is 11.9. The number of rotatable bonds is 4. The standard InChI is InChI=1S/C14H19N3O2S/c1-14(2,20(3,18)19)13(15)12-9-10-16-17(12)11-7-5-4-6-8-11/h4-10,13H,15H2,1-3H3. The number of nitrogens with zero attached hydrogens (tertiary/aromatic N) is 2. The second-order valence-corrected chi connectivity index (χ2v) is 7.95. The fourth-order valence-corrected chi connectivity index (χ4v) is 2.50. The van der Waals surface area contributed by atoms with Crippen LogP contribution in [0, 0.1) is 0 Å². The van der Waals surface area contributed by atoms with E-state index in [0.29, 0.717) is 5.69 Å². The third kappa shape index (κ3) is 2.48. The zero-order valence-corrected chi connectivity index (χ0v) is 12.6. The van der Waals surface area contributed by atoms with E-state index in [2.05, 4.69) is 5.10 Å². The fourth-order valence-electron chi connectivity index (χ4n) is 1.92. The Labute approximate surface area is 119 Å². The van der Waals surface area contributed by atoms with Crippen LogP contribution in [-0.2, 0) is 9.84 Å². The summed E-state index contributed by atoms with van der Waals surface area (Å²) in [5.74, 6) is 0. The normalized spacial score (nSPS) is 14.2. The third-order valence-electron chi connectivity index (χ3n) is 3.70. The van der Waals surface area contributed by atoms with Crippen LogP contribution < -0.4 is 5.73 Å². The summed E-state index contributed by atoms with van der Waals surface area (Å²) >= 11 is 0. The van der Waals surface area contributed by atoms with Gasteiger partial charge in [0, 0.05) is 12.5 Å². The average Bonchev–Trinajstić information content (AvgIpc) is 2.86. The first-order chi connectivity index (χ1) is 9.25. The Morgan fingerprint density at radius 2 is 1.80 bits per heavy atom. The van der Waals surface area contributed by atoms with Gasteiger partial charge in [-0.2, -0.15) is 5.10 Å². The molecule has 1 unspecified atom stereocenters. The minimum atomic E-state index is -3.29. The second-order valence-electron chi connectivity index (χ2n) is 5.36. The summed E-state index contributed by atoms with van der Waals surface area (Å²) in [5.41, 5.74) is 7.73. The molecule has 0 saturated heterocycles. The van der Waals surface area contributed by atoms with E-state index in [4.69, 9.17) is 5.73 Å². The molecule has 5 nitrogen and oxygen atoms in total. The summed E-state index contributed by atoms with van der Waals surface area (Å²) in [6, 6.07) is 10.6. The van der Waals surface area contributed by atoms with Gasteiger partial charge >= 0.3 is 0 Å². The first-order valence-electron chi connectivity index (χ1n) is 6.29. The van der Waals surface area contributed by atoms with Gasteiger partial charge in [-0.15, -0.1) is 0 Å². The van der Waals surface area contributed by atoms with Gasteiger partial charge in [-0.25, -0.2) is 13.1 Å². The molecule has 0 bridgehead atoms. The molecule has 1 heterocycles. The average molecular weight is 293 g/mol. The van der Waals surface area contributed by atoms with Crippen LogP contribution in [0.15, 0.2) is 42.6 Å². The molecule has 1 aromatic carbocycles. The van der Waals surface area contributed by atoms with Crippen molar-refractivity contribution in [2.24, 2.45) is 5.73 Å². The van der Waals surface area contributed by atoms with Gasteiger partial charge in [-0.1, -0.05) is 18.2 Å². The van der Waals surface area contributed by atoms with E-state index in [-0.39, 0.29) is 0 Å². The Morgan fingerprint density at radius 3 is 2.35 bits per heavy atom. The molecule has 2 rings (SSSR count). The molecule has 0 aliphatic carbocycles. The van der Waals surface area contributed by atoms with Gasteiger partial charge in [0.1, 0.15) is 0 Å². The Kier molecular flexibility index (Phi) is 3.71. The number of para-hydroxylation sites is 1. The van der Waals surface area contributed by atoms with Gasteiger partial charge in [0.2, 0.25) is 0 Å². The second kappa shape index (κ2) is 5.03. The Bertz CT molecular complexity index is 690. The van der Waals surface area contributed by atoms with E-state index in [1.807, 2.05) is 30.3 Å². The number of hydrogen-bond acceptors (Lipinski definition) is 4. The van der Waals surface area contributed by atoms with Crippen LogP contribution in [0.4, 0.5) is 0 Å². The van der Waals surface area contributed by atoms with Crippen molar-refractivity contribution in [3.8, 4) is 5.69 Å². The molecule has 1 aromatic heterocycles. The number of aromatic nitrogens is 2. The Balaban J connectivity index is 2.49. The van der Waals surface area contributed by atoms with E-state index >= 15 is 0 Å². The number of nitrogens with two attached hydrogens (primary N) is 1. The van der Waals surface area contributed by atoms with Crippen molar-refractivity contribution in [3.05, 3.63) is 48.3 Å². The molecule has 0 amide bonds. The van der Waals surface area contributed by atoms with E-state index in [0.717, 1.165) is 5.69 Å². The minimum Gasteiger partial charge on any atom is -0.321 e. The maximum atomic E-state index is 11.9. The minimum absolute atomic E-state index is 0.666. The first-order valence-corrected chi connectivity index (χ1v) is 8.19. The van der Waals surface area contributed by atoms with Crippen LogP contribution in [0.1, 0.15) is 25.6 Å². The highest BCUT2D eigenvalue weighted by Gasteiger charge is 2.39. The summed E-state index contributed by atoms with van der Waals surface area (Å²) in [4.78, 5) is 0. The smallest absolute Gasteiger partial charge is 0.154 e. The van der Waals surface area contributed by atoms with E-state index in [1.165, 1.54) is 6.26 Å². The predicted molar refractivity (Wildman–Crippen MR) is 79.4 cm³/mol. The van der Waals surface area contributed by atoms with Gasteiger partial charge in [0.15, 0.2) is 9.84 Å². The number of hydrogen-bond donors (Lipinski definition) is 1. The summed E-state index contributed by atoms with van der Waals surface area (Å²) in [7, 11) is -3.29. The molecule has 0 aliphatic rings. The van der Waals surface area contributed by atoms with Gasteiger partial charge in [0.05, 0.1) is 22.2 Å². The van der Waals surface area contributed by atoms with Gasteiger partial charge in [-0.3, -0.25) is 0 Å². The Morgan fingerprint density at radius 1 is 1.20 bits per heavy atom. The molecule has 1 atom stereocenters. The van der Waals surface area contributed by atoms with Crippen molar-refractivity contribution in [1.29, 1.82) is 0 Å². The number of benzene rings is 1. The lowest BCUT2D eigenvalue weighted by Gasteiger charge is -2.30. The van der Waals surface area contributed by atoms with Crippen LogP contribution in [0.25, 0.3) is 5.69 Å². The van der Waals surface area contributed by atoms with Crippen LogP contribution in [0.2, 0.25) is 0 Å². The summed E-state index contributed by atoms with van der Waals surface area (Å²) in [6.45, 7) is 3.27. The SMILES string of the molecule is CC(C)(C(N)c1ccnn1-c1ccccc1)S(C)(=O)=O. The molecule has 0 spiro atoms. The van der Waals surface area contributed by atoms with Crippen LogP contribution in [-0.4, -0.2) is 29.2 Å². The van der Waals surface area contributed by atoms with Gasteiger partial charge < -0.3 is 5.73 Å². The highest BCUT2D eigenvalue weighted by molar-refractivity contribution is 7.92. The number of sulfone groups is 1. The van der Waals surface area contributed by atoms with E-state index < -0.39 is 20.6 Å². The molecule has 0 fully saturated rings. The van der Waals surface area contributed by atoms with Gasteiger partial charge in [0.25, 0.3) is 0 Å². The van der Waals surface area contributed by atoms with E-state index in [9.17, 15) is 8.42 Å². The van der Waals surface area contributed by atoms with Crippen molar-refractivity contribution >= 4 is 9.84 Å². The lowest BCUT2D eigenvalue weighted by atomic mass is 10.0. The predicted octanol–water partition coefficient (Wildman–Crippen LogP) is 1.70. The molecule has 108 valence electrons. The van der Waals surface area contributed by atoms with Crippen molar-refractivity contribution in [2.75, 3.05) is 6.26 Å². The molecule has 0 radical (unpaired) electrons. The molecule has 20 heavy (non-hydrogen) atoms. The highest BCUT2D eigenvalue weighted by atomic mass is 32.2. The van der Waals surface area contributed by atoms with Crippen LogP contribution in [0.3, 0.4) is 0 Å². The van der Waals surface area contributed by atoms with Crippen molar-refractivity contribution in [2.45, 2.75) is 24.6 Å². The fraction of sp³-hybridized carbons (Fsp3) is 0.357. The molecular weight excluding hydrogens is 274 g/mol. The van der Waals surface area contributed by atoms with Crippen molar-refractivity contribution < 1.29 is 8.42 Å². The lowest BCUT2D eigenvalue weighted by Crippen LogP contribution is -2.43. The molecule has 2 N–H and O–H groups in total. The highest BCUT2D eigenvalue weighted by Crippen LogP contribution is 2.30. The summed E-state index contributed by atoms with van der Waals surface area (Å²) in [5, 5.41) is 4.24. The van der Waals surface area contributed by atoms with Gasteiger partial charge in [-0.05, 0) is 32.0 Å². The topological polar surface area (TPSA) is 78.0 Å². The molecular formula is C14H19N3O2S. The molecule has 0 aliphatic heterocycles. The maximum Gasteiger partial charge on any atom is 0.154 e.